The van der Waals surface area contributed by atoms with Gasteiger partial charge in [0.1, 0.15) is 0 Å². The van der Waals surface area contributed by atoms with Crippen molar-refractivity contribution >= 4 is 5.91 Å². The largest absolute Gasteiger partial charge is 0.379 e. The van der Waals surface area contributed by atoms with E-state index in [2.05, 4.69) is 5.10 Å². The Kier molecular flexibility index (Phi) is 6.89. The lowest BCUT2D eigenvalue weighted by Crippen LogP contribution is -2.52. The first-order chi connectivity index (χ1) is 13.1. The van der Waals surface area contributed by atoms with Gasteiger partial charge in [0.25, 0.3) is 5.91 Å². The number of ether oxygens (including phenoxy) is 3. The topological polar surface area (TPSA) is 65.8 Å². The van der Waals surface area contributed by atoms with Gasteiger partial charge in [0.15, 0.2) is 0 Å². The Bertz CT molecular complexity index is 623. The van der Waals surface area contributed by atoms with Crippen LogP contribution in [0.3, 0.4) is 0 Å². The Morgan fingerprint density at radius 2 is 2.11 bits per heavy atom. The molecule has 0 saturated carbocycles. The fraction of sp³-hybridized carbons (Fsp3) is 0.800. The fourth-order valence-corrected chi connectivity index (χ4v) is 4.07. The number of rotatable bonds is 7. The molecule has 27 heavy (non-hydrogen) atoms. The minimum absolute atomic E-state index is 0.0855. The first kappa shape index (κ1) is 20.3. The van der Waals surface area contributed by atoms with Crippen LogP contribution in [0.5, 0.6) is 0 Å². The van der Waals surface area contributed by atoms with Crippen molar-refractivity contribution in [2.75, 3.05) is 39.5 Å². The molecule has 1 aromatic heterocycles. The number of aromatic nitrogens is 2. The van der Waals surface area contributed by atoms with Gasteiger partial charge in [0, 0.05) is 45.5 Å². The van der Waals surface area contributed by atoms with Crippen molar-refractivity contribution in [3.63, 3.8) is 0 Å². The van der Waals surface area contributed by atoms with Gasteiger partial charge in [0.2, 0.25) is 0 Å². The van der Waals surface area contributed by atoms with Crippen LogP contribution in [0, 0.1) is 6.92 Å². The molecule has 1 spiro atoms. The molecule has 0 N–H and O–H groups in total. The van der Waals surface area contributed by atoms with Gasteiger partial charge in [-0.2, -0.15) is 5.10 Å². The Balaban J connectivity index is 1.52. The first-order valence-electron chi connectivity index (χ1n) is 10.2. The van der Waals surface area contributed by atoms with Crippen LogP contribution in [0.2, 0.25) is 0 Å². The molecule has 0 bridgehead atoms. The smallest absolute Gasteiger partial charge is 0.257 e. The fourth-order valence-electron chi connectivity index (χ4n) is 4.07. The number of hydrogen-bond donors (Lipinski definition) is 0. The van der Waals surface area contributed by atoms with Crippen LogP contribution in [0.1, 0.15) is 55.6 Å². The summed E-state index contributed by atoms with van der Waals surface area (Å²) in [6.07, 6.45) is 5.67. The number of likely N-dealkylation sites (tertiary alicyclic amines) is 1. The van der Waals surface area contributed by atoms with E-state index in [0.717, 1.165) is 69.8 Å². The van der Waals surface area contributed by atoms with Crippen LogP contribution in [0.15, 0.2) is 6.20 Å². The van der Waals surface area contributed by atoms with Crippen molar-refractivity contribution in [3.05, 3.63) is 17.5 Å². The van der Waals surface area contributed by atoms with E-state index in [1.54, 1.807) is 0 Å². The van der Waals surface area contributed by atoms with E-state index in [1.807, 2.05) is 36.5 Å². The summed E-state index contributed by atoms with van der Waals surface area (Å²) in [5.41, 5.74) is 1.38. The molecule has 2 saturated heterocycles. The number of aryl methyl sites for hydroxylation is 2. The summed E-state index contributed by atoms with van der Waals surface area (Å²) in [7, 11) is 0. The van der Waals surface area contributed by atoms with Crippen molar-refractivity contribution in [2.45, 2.75) is 64.7 Å². The van der Waals surface area contributed by atoms with Gasteiger partial charge in [-0.1, -0.05) is 0 Å². The van der Waals surface area contributed by atoms with Crippen LogP contribution < -0.4 is 0 Å². The molecule has 1 unspecified atom stereocenters. The molecule has 2 aliphatic rings. The molecule has 2 aliphatic heterocycles. The predicted molar refractivity (Wildman–Crippen MR) is 102 cm³/mol. The third kappa shape index (κ3) is 4.89. The monoisotopic (exact) mass is 379 g/mol. The average molecular weight is 380 g/mol. The maximum absolute atomic E-state index is 12.9. The second kappa shape index (κ2) is 9.17. The van der Waals surface area contributed by atoms with Crippen LogP contribution in [0.4, 0.5) is 0 Å². The lowest BCUT2D eigenvalue weighted by Gasteiger charge is -2.46. The molecule has 152 valence electrons. The number of hydrogen-bond acceptors (Lipinski definition) is 5. The standard InChI is InChI=1S/C20H33N3O4/c1-4-23-15-18(16(3)21-23)19(24)22-9-7-20(8-10-22)14-17(6-11-27-20)26-13-12-25-5-2/h15,17H,4-14H2,1-3H3. The molecule has 7 nitrogen and oxygen atoms in total. The summed E-state index contributed by atoms with van der Waals surface area (Å²) in [5.74, 6) is 0.0855. The molecule has 1 amide bonds. The molecule has 0 radical (unpaired) electrons. The van der Waals surface area contributed by atoms with Crippen molar-refractivity contribution in [1.82, 2.24) is 14.7 Å². The Hall–Kier alpha value is -1.44. The average Bonchev–Trinajstić information content (AvgIpc) is 3.06. The molecule has 3 rings (SSSR count). The minimum Gasteiger partial charge on any atom is -0.379 e. The minimum atomic E-state index is -0.145. The number of amides is 1. The van der Waals surface area contributed by atoms with E-state index in [0.29, 0.717) is 13.2 Å². The number of carbonyl (C=O) groups is 1. The Morgan fingerprint density at radius 1 is 1.33 bits per heavy atom. The first-order valence-corrected chi connectivity index (χ1v) is 10.2. The summed E-state index contributed by atoms with van der Waals surface area (Å²) >= 11 is 0. The summed E-state index contributed by atoms with van der Waals surface area (Å²) < 4.78 is 19.3. The zero-order chi connectivity index (χ0) is 19.3. The maximum atomic E-state index is 12.9. The highest BCUT2D eigenvalue weighted by Gasteiger charge is 2.41. The van der Waals surface area contributed by atoms with Gasteiger partial charge in [-0.05, 0) is 40.0 Å². The van der Waals surface area contributed by atoms with Crippen molar-refractivity contribution in [2.24, 2.45) is 0 Å². The van der Waals surface area contributed by atoms with Crippen LogP contribution in [-0.2, 0) is 20.8 Å². The Morgan fingerprint density at radius 3 is 2.78 bits per heavy atom. The van der Waals surface area contributed by atoms with Gasteiger partial charge in [-0.25, -0.2) is 0 Å². The summed E-state index contributed by atoms with van der Waals surface area (Å²) in [5, 5.41) is 4.40. The second-order valence-corrected chi connectivity index (χ2v) is 7.49. The summed E-state index contributed by atoms with van der Waals surface area (Å²) in [6.45, 7) is 10.9. The number of piperidine rings is 1. The highest BCUT2D eigenvalue weighted by atomic mass is 16.5. The predicted octanol–water partition coefficient (Wildman–Crippen LogP) is 2.42. The molecule has 7 heteroatoms. The third-order valence-corrected chi connectivity index (χ3v) is 5.70. The quantitative estimate of drug-likeness (QED) is 0.681. The van der Waals surface area contributed by atoms with Crippen LogP contribution in [0.25, 0.3) is 0 Å². The highest BCUT2D eigenvalue weighted by molar-refractivity contribution is 5.95. The van der Waals surface area contributed by atoms with Gasteiger partial charge in [0.05, 0.1) is 36.2 Å². The van der Waals surface area contributed by atoms with E-state index in [9.17, 15) is 4.79 Å². The molecule has 2 fully saturated rings. The normalized spacial score (nSPS) is 22.3. The zero-order valence-electron chi connectivity index (χ0n) is 16.9. The highest BCUT2D eigenvalue weighted by Crippen LogP contribution is 2.36. The SMILES string of the molecule is CCOCCOC1CCOC2(CCN(C(=O)c3cn(CC)nc3C)CC2)C1. The van der Waals surface area contributed by atoms with E-state index < -0.39 is 0 Å². The summed E-state index contributed by atoms with van der Waals surface area (Å²) in [6, 6.07) is 0. The molecule has 1 atom stereocenters. The van der Waals surface area contributed by atoms with Gasteiger partial charge in [-0.15, -0.1) is 0 Å². The molecular formula is C20H33N3O4. The molecule has 0 aliphatic carbocycles. The molecule has 3 heterocycles. The maximum Gasteiger partial charge on any atom is 0.257 e. The van der Waals surface area contributed by atoms with E-state index >= 15 is 0 Å². The van der Waals surface area contributed by atoms with E-state index in [-0.39, 0.29) is 17.6 Å². The van der Waals surface area contributed by atoms with Crippen molar-refractivity contribution < 1.29 is 19.0 Å². The van der Waals surface area contributed by atoms with Gasteiger partial charge < -0.3 is 19.1 Å². The van der Waals surface area contributed by atoms with E-state index in [1.165, 1.54) is 0 Å². The van der Waals surface area contributed by atoms with Gasteiger partial charge >= 0.3 is 0 Å². The van der Waals surface area contributed by atoms with E-state index in [4.69, 9.17) is 14.2 Å². The van der Waals surface area contributed by atoms with Crippen LogP contribution >= 0.6 is 0 Å². The second-order valence-electron chi connectivity index (χ2n) is 7.49. The van der Waals surface area contributed by atoms with Gasteiger partial charge in [-0.3, -0.25) is 9.48 Å². The molecular weight excluding hydrogens is 346 g/mol. The third-order valence-electron chi connectivity index (χ3n) is 5.70. The van der Waals surface area contributed by atoms with Crippen molar-refractivity contribution in [3.8, 4) is 0 Å². The molecule has 1 aromatic rings. The summed E-state index contributed by atoms with van der Waals surface area (Å²) in [4.78, 5) is 14.8. The lowest BCUT2D eigenvalue weighted by molar-refractivity contribution is -0.155. The Labute approximate surface area is 161 Å². The molecule has 0 aromatic carbocycles. The van der Waals surface area contributed by atoms with Crippen molar-refractivity contribution in [1.29, 1.82) is 0 Å². The van der Waals surface area contributed by atoms with Crippen LogP contribution in [-0.4, -0.2) is 71.8 Å². The zero-order valence-corrected chi connectivity index (χ0v) is 16.9. The lowest BCUT2D eigenvalue weighted by atomic mass is 9.83. The number of nitrogens with zero attached hydrogens (tertiary/aromatic N) is 3. The number of carbonyl (C=O) groups excluding carboxylic acids is 1.